The fourth-order valence-electron chi connectivity index (χ4n) is 2.81. The van der Waals surface area contributed by atoms with Gasteiger partial charge in [0.25, 0.3) is 11.6 Å². The number of alkyl halides is 1. The van der Waals surface area contributed by atoms with Crippen molar-refractivity contribution in [1.82, 2.24) is 4.90 Å². The van der Waals surface area contributed by atoms with E-state index in [-0.39, 0.29) is 17.7 Å². The lowest BCUT2D eigenvalue weighted by Crippen LogP contribution is -2.36. The standard InChI is InChI=1S/C18H17ClN2O4/c19-10-9-15-12-20(11-13-5-7-14(8-6-13)21(23)24)18(22)16-3-1-2-4-17(16)25-15/h1-8,15H,9-12H2. The highest BCUT2D eigenvalue weighted by Crippen LogP contribution is 2.27. The Bertz CT molecular complexity index is 779. The van der Waals surface area contributed by atoms with Crippen LogP contribution in [-0.4, -0.2) is 34.3 Å². The highest BCUT2D eigenvalue weighted by molar-refractivity contribution is 6.17. The van der Waals surface area contributed by atoms with Crippen molar-refractivity contribution in [1.29, 1.82) is 0 Å². The Kier molecular flexibility index (Phi) is 5.19. The first kappa shape index (κ1) is 17.2. The van der Waals surface area contributed by atoms with E-state index in [0.29, 0.717) is 36.7 Å². The molecule has 1 amide bonds. The van der Waals surface area contributed by atoms with Crippen molar-refractivity contribution >= 4 is 23.2 Å². The van der Waals surface area contributed by atoms with Crippen LogP contribution in [0.4, 0.5) is 5.69 Å². The number of benzene rings is 2. The van der Waals surface area contributed by atoms with E-state index in [9.17, 15) is 14.9 Å². The number of nitro benzene ring substituents is 1. The Balaban J connectivity index is 1.85. The Morgan fingerprint density at radius 1 is 1.20 bits per heavy atom. The lowest BCUT2D eigenvalue weighted by atomic mass is 10.1. The van der Waals surface area contributed by atoms with Crippen LogP contribution in [0.3, 0.4) is 0 Å². The number of ether oxygens (including phenoxy) is 1. The average molecular weight is 361 g/mol. The maximum absolute atomic E-state index is 12.9. The van der Waals surface area contributed by atoms with Gasteiger partial charge in [-0.15, -0.1) is 11.6 Å². The Morgan fingerprint density at radius 2 is 1.92 bits per heavy atom. The quantitative estimate of drug-likeness (QED) is 0.463. The zero-order chi connectivity index (χ0) is 17.8. The summed E-state index contributed by atoms with van der Waals surface area (Å²) in [4.78, 5) is 24.9. The summed E-state index contributed by atoms with van der Waals surface area (Å²) in [6, 6.07) is 13.4. The zero-order valence-electron chi connectivity index (χ0n) is 13.4. The molecule has 0 fully saturated rings. The van der Waals surface area contributed by atoms with Crippen molar-refractivity contribution < 1.29 is 14.5 Å². The third kappa shape index (κ3) is 3.91. The topological polar surface area (TPSA) is 72.7 Å². The molecule has 0 aromatic heterocycles. The van der Waals surface area contributed by atoms with Crippen LogP contribution < -0.4 is 4.74 Å². The molecule has 1 atom stereocenters. The van der Waals surface area contributed by atoms with E-state index in [1.165, 1.54) is 12.1 Å². The summed E-state index contributed by atoms with van der Waals surface area (Å²) >= 11 is 5.86. The van der Waals surface area contributed by atoms with Crippen molar-refractivity contribution in [3.05, 3.63) is 69.8 Å². The molecule has 0 radical (unpaired) electrons. The van der Waals surface area contributed by atoms with Crippen LogP contribution in [0.15, 0.2) is 48.5 Å². The van der Waals surface area contributed by atoms with E-state index >= 15 is 0 Å². The van der Waals surface area contributed by atoms with Crippen LogP contribution in [0.5, 0.6) is 5.75 Å². The largest absolute Gasteiger partial charge is 0.488 e. The molecule has 1 heterocycles. The monoisotopic (exact) mass is 360 g/mol. The first-order valence-electron chi connectivity index (χ1n) is 7.92. The molecule has 2 aromatic rings. The number of para-hydroxylation sites is 1. The number of non-ortho nitro benzene ring substituents is 1. The van der Waals surface area contributed by atoms with Gasteiger partial charge in [0.05, 0.1) is 17.0 Å². The summed E-state index contributed by atoms with van der Waals surface area (Å²) in [6.45, 7) is 0.768. The van der Waals surface area contributed by atoms with Crippen molar-refractivity contribution in [2.45, 2.75) is 19.1 Å². The molecule has 0 N–H and O–H groups in total. The lowest BCUT2D eigenvalue weighted by Gasteiger charge is -2.24. The molecule has 6 nitrogen and oxygen atoms in total. The van der Waals surface area contributed by atoms with Gasteiger partial charge >= 0.3 is 0 Å². The summed E-state index contributed by atoms with van der Waals surface area (Å²) in [5.41, 5.74) is 1.36. The molecule has 1 aliphatic rings. The van der Waals surface area contributed by atoms with Gasteiger partial charge in [0.2, 0.25) is 0 Å². The van der Waals surface area contributed by atoms with Gasteiger partial charge < -0.3 is 9.64 Å². The van der Waals surface area contributed by atoms with Crippen molar-refractivity contribution in [2.75, 3.05) is 12.4 Å². The number of nitro groups is 1. The van der Waals surface area contributed by atoms with Gasteiger partial charge in [0.15, 0.2) is 0 Å². The van der Waals surface area contributed by atoms with Crippen LogP contribution in [0.2, 0.25) is 0 Å². The number of amides is 1. The van der Waals surface area contributed by atoms with E-state index in [0.717, 1.165) is 5.56 Å². The van der Waals surface area contributed by atoms with Crippen LogP contribution in [0.25, 0.3) is 0 Å². The maximum Gasteiger partial charge on any atom is 0.269 e. The average Bonchev–Trinajstić information content (AvgIpc) is 2.73. The fraction of sp³-hybridized carbons (Fsp3) is 0.278. The molecular formula is C18H17ClN2O4. The normalized spacial score (nSPS) is 16.8. The molecule has 3 rings (SSSR count). The van der Waals surface area contributed by atoms with Gasteiger partial charge in [-0.2, -0.15) is 0 Å². The summed E-state index contributed by atoms with van der Waals surface area (Å²) in [7, 11) is 0. The van der Waals surface area contributed by atoms with Crippen LogP contribution in [0, 0.1) is 10.1 Å². The SMILES string of the molecule is O=C1c2ccccc2OC(CCCl)CN1Cc1ccc([N+](=O)[O-])cc1. The van der Waals surface area contributed by atoms with Crippen LogP contribution >= 0.6 is 11.6 Å². The molecule has 25 heavy (non-hydrogen) atoms. The number of hydrogen-bond donors (Lipinski definition) is 0. The van der Waals surface area contributed by atoms with Crippen molar-refractivity contribution in [3.8, 4) is 5.75 Å². The van der Waals surface area contributed by atoms with Gasteiger partial charge in [-0.3, -0.25) is 14.9 Å². The predicted octanol–water partition coefficient (Wildman–Crippen LogP) is 3.63. The van der Waals surface area contributed by atoms with Gasteiger partial charge in [-0.25, -0.2) is 0 Å². The highest BCUT2D eigenvalue weighted by atomic mass is 35.5. The molecule has 0 aliphatic carbocycles. The summed E-state index contributed by atoms with van der Waals surface area (Å²) in [6.07, 6.45) is 0.433. The molecule has 0 saturated carbocycles. The Morgan fingerprint density at radius 3 is 2.60 bits per heavy atom. The number of nitrogens with zero attached hydrogens (tertiary/aromatic N) is 2. The molecule has 0 spiro atoms. The van der Waals surface area contributed by atoms with E-state index in [1.54, 1.807) is 35.2 Å². The first-order chi connectivity index (χ1) is 12.1. The Labute approximate surface area is 150 Å². The zero-order valence-corrected chi connectivity index (χ0v) is 14.2. The predicted molar refractivity (Wildman–Crippen MR) is 94.0 cm³/mol. The molecule has 2 aromatic carbocycles. The molecule has 7 heteroatoms. The number of rotatable bonds is 5. The number of fused-ring (bicyclic) bond motifs is 1. The van der Waals surface area contributed by atoms with Gasteiger partial charge in [-0.05, 0) is 24.1 Å². The number of hydrogen-bond acceptors (Lipinski definition) is 4. The highest BCUT2D eigenvalue weighted by Gasteiger charge is 2.28. The summed E-state index contributed by atoms with van der Waals surface area (Å²) in [5, 5.41) is 10.8. The molecular weight excluding hydrogens is 344 g/mol. The third-order valence-electron chi connectivity index (χ3n) is 4.07. The van der Waals surface area contributed by atoms with Crippen LogP contribution in [0.1, 0.15) is 22.3 Å². The third-order valence-corrected chi connectivity index (χ3v) is 4.29. The second kappa shape index (κ2) is 7.53. The Hall–Kier alpha value is -2.60. The second-order valence-corrected chi connectivity index (χ2v) is 6.20. The molecule has 1 aliphatic heterocycles. The lowest BCUT2D eigenvalue weighted by molar-refractivity contribution is -0.384. The van der Waals surface area contributed by atoms with Crippen molar-refractivity contribution in [3.63, 3.8) is 0 Å². The minimum atomic E-state index is -0.443. The van der Waals surface area contributed by atoms with Gasteiger partial charge in [0.1, 0.15) is 11.9 Å². The minimum Gasteiger partial charge on any atom is -0.488 e. The summed E-state index contributed by atoms with van der Waals surface area (Å²) in [5.74, 6) is 0.881. The van der Waals surface area contributed by atoms with E-state index < -0.39 is 4.92 Å². The minimum absolute atomic E-state index is 0.0274. The molecule has 0 saturated heterocycles. The number of carbonyl (C=O) groups excluding carboxylic acids is 1. The molecule has 1 unspecified atom stereocenters. The van der Waals surface area contributed by atoms with Crippen molar-refractivity contribution in [2.24, 2.45) is 0 Å². The summed E-state index contributed by atoms with van der Waals surface area (Å²) < 4.78 is 5.95. The second-order valence-electron chi connectivity index (χ2n) is 5.82. The first-order valence-corrected chi connectivity index (χ1v) is 8.46. The maximum atomic E-state index is 12.9. The fourth-order valence-corrected chi connectivity index (χ4v) is 3.06. The molecule has 0 bridgehead atoms. The van der Waals surface area contributed by atoms with E-state index in [2.05, 4.69) is 0 Å². The van der Waals surface area contributed by atoms with Crippen LogP contribution in [-0.2, 0) is 6.54 Å². The smallest absolute Gasteiger partial charge is 0.269 e. The van der Waals surface area contributed by atoms with Gasteiger partial charge in [0, 0.05) is 24.6 Å². The number of carbonyl (C=O) groups is 1. The number of halogens is 1. The molecule has 130 valence electrons. The van der Waals surface area contributed by atoms with Gasteiger partial charge in [-0.1, -0.05) is 24.3 Å². The van der Waals surface area contributed by atoms with E-state index in [4.69, 9.17) is 16.3 Å². The van der Waals surface area contributed by atoms with E-state index in [1.807, 2.05) is 6.07 Å².